The van der Waals surface area contributed by atoms with Gasteiger partial charge in [0.15, 0.2) is 54.1 Å². The zero-order valence-corrected chi connectivity index (χ0v) is 54.6. The zero-order valence-electron chi connectivity index (χ0n) is 51.4. The summed E-state index contributed by atoms with van der Waals surface area (Å²) < 4.78 is 77.9. The van der Waals surface area contributed by atoms with Crippen molar-refractivity contribution in [3.05, 3.63) is 65.1 Å². The summed E-state index contributed by atoms with van der Waals surface area (Å²) in [6.45, 7) is 12.6. The topological polar surface area (TPSA) is 327 Å². The number of hydroxylamine groups is 1. The molecule has 4 saturated heterocycles. The second kappa shape index (κ2) is 33.3. The van der Waals surface area contributed by atoms with Crippen molar-refractivity contribution in [1.82, 2.24) is 16.1 Å². The maximum atomic E-state index is 15.6. The third kappa shape index (κ3) is 17.6. The number of anilines is 1. The van der Waals surface area contributed by atoms with Gasteiger partial charge < -0.3 is 92.6 Å². The smallest absolute Gasteiger partial charge is 0.411 e. The minimum Gasteiger partial charge on any atom is -0.493 e. The maximum absolute atomic E-state index is 15.6. The predicted molar refractivity (Wildman–Crippen MR) is 330 cm³/mol. The Balaban J connectivity index is 1.27. The fraction of sp³-hybridized carbons (Fsp3) is 0.627. The summed E-state index contributed by atoms with van der Waals surface area (Å²) in [6.07, 6.45) is -11.7. The number of benzene rings is 1. The fourth-order valence-corrected chi connectivity index (χ4v) is 14.1. The van der Waals surface area contributed by atoms with Crippen molar-refractivity contribution in [2.45, 2.75) is 175 Å². The summed E-state index contributed by atoms with van der Waals surface area (Å²) >= 11 is 1.47. The van der Waals surface area contributed by atoms with Crippen LogP contribution in [0.15, 0.2) is 59.5 Å². The first-order valence-electron chi connectivity index (χ1n) is 28.4. The van der Waals surface area contributed by atoms with Gasteiger partial charge in [-0.25, -0.2) is 9.59 Å². The van der Waals surface area contributed by atoms with E-state index in [2.05, 4.69) is 51.7 Å². The van der Waals surface area contributed by atoms with E-state index in [-0.39, 0.29) is 88.3 Å². The Labute approximate surface area is 533 Å². The van der Waals surface area contributed by atoms with Crippen molar-refractivity contribution in [3.8, 4) is 35.2 Å². The fourth-order valence-electron chi connectivity index (χ4n) is 10.8. The van der Waals surface area contributed by atoms with Gasteiger partial charge in [-0.15, -0.1) is 0 Å². The molecule has 4 heterocycles. The molecule has 0 radical (unpaired) electrons. The van der Waals surface area contributed by atoms with E-state index < -0.39 is 134 Å². The number of carbonyl (C=O) groups excluding carboxylic acids is 4. The number of ketones is 1. The minimum absolute atomic E-state index is 0.0843. The normalized spacial score (nSPS) is 34.1. The van der Waals surface area contributed by atoms with Crippen molar-refractivity contribution in [1.29, 1.82) is 0 Å². The number of esters is 1. The lowest BCUT2D eigenvalue weighted by atomic mass is 9.73. The molecule has 26 nitrogen and oxygen atoms in total. The van der Waals surface area contributed by atoms with Crippen LogP contribution in [0.25, 0.3) is 0 Å². The summed E-state index contributed by atoms with van der Waals surface area (Å²) in [5, 5.41) is 56.8. The van der Waals surface area contributed by atoms with Crippen LogP contribution in [0.5, 0.6) is 11.5 Å². The Morgan fingerprint density at radius 3 is 2.22 bits per heavy atom. The molecule has 6 aliphatic rings. The van der Waals surface area contributed by atoms with E-state index in [0.717, 1.165) is 7.11 Å². The molecule has 7 rings (SSSR count). The average molecular weight is 1330 g/mol. The molecule has 0 saturated carbocycles. The van der Waals surface area contributed by atoms with Gasteiger partial charge in [0.05, 0.1) is 99.8 Å². The van der Waals surface area contributed by atoms with Crippen molar-refractivity contribution in [3.63, 3.8) is 0 Å². The van der Waals surface area contributed by atoms with Crippen LogP contribution in [0.1, 0.15) is 64.2 Å². The van der Waals surface area contributed by atoms with Crippen LogP contribution in [0.4, 0.5) is 10.5 Å². The lowest BCUT2D eigenvalue weighted by molar-refractivity contribution is -0.336. The monoisotopic (exact) mass is 1320 g/mol. The summed E-state index contributed by atoms with van der Waals surface area (Å²) in [7, 11) is 10.8. The second-order valence-corrected chi connectivity index (χ2v) is 26.8. The van der Waals surface area contributed by atoms with Crippen molar-refractivity contribution >= 4 is 72.6 Å². The Morgan fingerprint density at radius 1 is 0.854 bits per heavy atom. The summed E-state index contributed by atoms with van der Waals surface area (Å²) in [5.74, 6) is 8.60. The van der Waals surface area contributed by atoms with Crippen LogP contribution in [0.3, 0.4) is 0 Å². The van der Waals surface area contributed by atoms with Crippen LogP contribution in [0, 0.1) is 23.7 Å². The molecule has 0 unspecified atom stereocenters. The Morgan fingerprint density at radius 2 is 1.56 bits per heavy atom. The van der Waals surface area contributed by atoms with Crippen LogP contribution < -0.4 is 30.9 Å². The highest BCUT2D eigenvalue weighted by Gasteiger charge is 2.57. The molecule has 2 bridgehead atoms. The number of thioether (sulfide) groups is 1. The standard InChI is InChI=1S/C59H80N4O22S4/c1-28(2)60-36-27-77-43(25-39(36)73-8)83-52-50(66)47(63-85-45-24-37(64)53(86-12)31(5)79-45)29(3)80-57(52)82-38-18-16-14-15-17-20-59(71)34(19-21-88-89-87-13)46(38)48(62-58(70)76-11)51(67)54(59)84-44-26-42(49(65)30(4)78-44)81-56(69)33-22-40(74-9)41(75-10)23-35(33)61-55(68)32(6)72-7/h14-15,19,22-23,28-31,36-39,42-45,47,49-50,52-54,57,60,63-66,71H,6,21,24-27H2,1-5,7-13H3,(H,61,68)(H,62,70)/t29-,30-,31-,36+,37+,38+,39+,42-,43+,44-,45+,47-,49+,50+,52-,53-,54-,57+,59-/m1/s1. The van der Waals surface area contributed by atoms with Gasteiger partial charge in [0.1, 0.15) is 30.5 Å². The molecule has 2 amide bonds. The lowest BCUT2D eigenvalue weighted by Gasteiger charge is -2.47. The number of hydrogen-bond donors (Lipinski definition) is 8. The number of fused-ring (bicyclic) bond motifs is 2. The predicted octanol–water partition coefficient (Wildman–Crippen LogP) is 3.42. The van der Waals surface area contributed by atoms with Gasteiger partial charge >= 0.3 is 12.1 Å². The Bertz CT molecular complexity index is 2890. The van der Waals surface area contributed by atoms with Crippen LogP contribution in [-0.2, 0) is 66.5 Å². The Kier molecular flexibility index (Phi) is 26.9. The van der Waals surface area contributed by atoms with Gasteiger partial charge in [0.2, 0.25) is 5.78 Å². The zero-order chi connectivity index (χ0) is 64.9. The number of carbonyl (C=O) groups is 4. The molecule has 89 heavy (non-hydrogen) atoms. The molecule has 19 atom stereocenters. The van der Waals surface area contributed by atoms with Gasteiger partial charge in [0, 0.05) is 61.4 Å². The molecule has 0 aromatic heterocycles. The number of rotatable bonds is 25. The molecule has 1 aromatic carbocycles. The van der Waals surface area contributed by atoms with E-state index in [4.69, 9.17) is 66.4 Å². The van der Waals surface area contributed by atoms with E-state index in [1.165, 1.54) is 95.7 Å². The number of aliphatic hydroxyl groups excluding tert-OH is 3. The number of allylic oxidation sites excluding steroid dienone is 2. The molecule has 2 aliphatic carbocycles. The molecule has 0 spiro atoms. The lowest BCUT2D eigenvalue weighted by Crippen LogP contribution is -2.65. The van der Waals surface area contributed by atoms with Gasteiger partial charge in [-0.05, 0) is 55.3 Å². The van der Waals surface area contributed by atoms with Gasteiger partial charge in [-0.2, -0.15) is 17.2 Å². The molecular formula is C59H80N4O22S4. The van der Waals surface area contributed by atoms with Gasteiger partial charge in [0.25, 0.3) is 5.91 Å². The largest absolute Gasteiger partial charge is 0.493 e. The maximum Gasteiger partial charge on any atom is 0.411 e. The number of aliphatic hydroxyl groups is 4. The molecule has 8 N–H and O–H groups in total. The highest BCUT2D eigenvalue weighted by atomic mass is 33.5. The van der Waals surface area contributed by atoms with E-state index in [1.807, 2.05) is 33.3 Å². The van der Waals surface area contributed by atoms with E-state index in [0.29, 0.717) is 0 Å². The molecule has 1 aromatic rings. The van der Waals surface area contributed by atoms with Crippen LogP contribution >= 0.6 is 43.2 Å². The number of amides is 2. The van der Waals surface area contributed by atoms with Crippen molar-refractivity contribution < 1.29 is 106 Å². The first-order chi connectivity index (χ1) is 42.5. The van der Waals surface area contributed by atoms with Gasteiger partial charge in [-0.3, -0.25) is 19.7 Å². The number of alkyl carbamates (subject to hydrolysis) is 1. The quantitative estimate of drug-likeness (QED) is 0.0132. The molecule has 30 heteroatoms. The van der Waals surface area contributed by atoms with Crippen LogP contribution in [-0.4, -0.2) is 226 Å². The molecule has 492 valence electrons. The highest BCUT2D eigenvalue weighted by Crippen LogP contribution is 2.44. The average Bonchev–Trinajstić information content (AvgIpc) is 0.971. The minimum atomic E-state index is -2.66. The van der Waals surface area contributed by atoms with E-state index in [9.17, 15) is 34.8 Å². The van der Waals surface area contributed by atoms with Crippen molar-refractivity contribution in [2.24, 2.45) is 0 Å². The SMILES string of the molecule is C=C(OC)C(=O)Nc1cc(OC)c(OC)cc1C(=O)O[C@@H]1C[C@@H](O[C@@H]2C(=O)C(NC(=O)OC)=C3C(=CCSSSC)[C@]2(O)C#CC=CC#C[C@@H]3O[C@@H]2O[C@H](C)[C@@H](NO[C@H]3C[C@H](O)[C@H](SC)[C@@H](C)O3)[C@H](O)[C@H]2O[C@H]2C[C@H](OC)[C@@H](NC(C)C)CO2)O[C@H](C)[C@@H]1O. The third-order valence-corrected chi connectivity index (χ3v) is 20.2. The number of ether oxygens (including phenoxy) is 13. The summed E-state index contributed by atoms with van der Waals surface area (Å²) in [5.41, 5.74) is -0.949. The number of Topliss-reactive ketones (excluding diaryl/α,β-unsaturated/α-hetero) is 1. The Hall–Kier alpha value is -4.62. The van der Waals surface area contributed by atoms with Gasteiger partial charge in [-0.1, -0.05) is 71.8 Å². The number of nitrogens with one attached hydrogen (secondary N) is 4. The molecule has 4 aliphatic heterocycles. The summed E-state index contributed by atoms with van der Waals surface area (Å²) in [4.78, 5) is 62.5. The van der Waals surface area contributed by atoms with Crippen LogP contribution in [0.2, 0.25) is 0 Å². The second-order valence-electron chi connectivity index (χ2n) is 21.4. The number of methoxy groups -OCH3 is 5. The summed E-state index contributed by atoms with van der Waals surface area (Å²) in [6, 6.07) is 1.39. The van der Waals surface area contributed by atoms with Crippen molar-refractivity contribution in [2.75, 3.05) is 65.7 Å². The first kappa shape index (κ1) is 71.8. The number of hydrogen-bond acceptors (Lipinski definition) is 28. The molecule has 4 fully saturated rings. The molecular weight excluding hydrogens is 1240 g/mol. The first-order valence-corrected chi connectivity index (χ1v) is 33.8. The highest BCUT2D eigenvalue weighted by molar-refractivity contribution is 9.09. The third-order valence-electron chi connectivity index (χ3n) is 15.2. The van der Waals surface area contributed by atoms with E-state index in [1.54, 1.807) is 20.1 Å². The van der Waals surface area contributed by atoms with E-state index >= 15 is 4.79 Å².